The predicted octanol–water partition coefficient (Wildman–Crippen LogP) is 4.09. The van der Waals surface area contributed by atoms with E-state index in [-0.39, 0.29) is 10.7 Å². The maximum Gasteiger partial charge on any atom is 0.433 e. The summed E-state index contributed by atoms with van der Waals surface area (Å²) in [6.07, 6.45) is -5.22. The van der Waals surface area contributed by atoms with E-state index in [2.05, 4.69) is 4.98 Å². The number of nitrogens with zero attached hydrogens (tertiary/aromatic N) is 1. The van der Waals surface area contributed by atoms with Gasteiger partial charge in [-0.2, -0.15) is 13.2 Å². The molecule has 0 spiro atoms. The van der Waals surface area contributed by atoms with E-state index in [1.807, 2.05) is 17.5 Å². The van der Waals surface area contributed by atoms with Crippen LogP contribution in [0.5, 0.6) is 0 Å². The molecule has 2 nitrogen and oxygen atoms in total. The Morgan fingerprint density at radius 2 is 2.05 bits per heavy atom. The van der Waals surface area contributed by atoms with Crippen molar-refractivity contribution in [1.29, 1.82) is 0 Å². The van der Waals surface area contributed by atoms with Crippen molar-refractivity contribution in [1.82, 2.24) is 4.98 Å². The van der Waals surface area contributed by atoms with E-state index >= 15 is 0 Å². The quantitative estimate of drug-likeness (QED) is 0.866. The topological polar surface area (TPSA) is 33.1 Å². The first kappa shape index (κ1) is 14.3. The molecular formula is C12H9ClF3NOS. The van der Waals surface area contributed by atoms with Gasteiger partial charge in [0.25, 0.3) is 0 Å². The van der Waals surface area contributed by atoms with E-state index in [0.717, 1.165) is 17.0 Å². The van der Waals surface area contributed by atoms with Crippen molar-refractivity contribution in [3.8, 4) is 0 Å². The van der Waals surface area contributed by atoms with Crippen LogP contribution in [-0.2, 0) is 12.6 Å². The summed E-state index contributed by atoms with van der Waals surface area (Å²) in [5, 5.41) is 11.5. The Kier molecular flexibility index (Phi) is 4.13. The van der Waals surface area contributed by atoms with E-state index in [4.69, 9.17) is 11.6 Å². The fraction of sp³-hybridized carbons (Fsp3) is 0.250. The summed E-state index contributed by atoms with van der Waals surface area (Å²) < 4.78 is 37.3. The van der Waals surface area contributed by atoms with E-state index in [9.17, 15) is 18.3 Å². The minimum absolute atomic E-state index is 0.197. The standard InChI is InChI=1S/C12H9ClF3NOS/c13-11-8(3-4-10(17-11)12(14,15)16)9(18)6-7-2-1-5-19-7/h1-5,9,18H,6H2. The smallest absolute Gasteiger partial charge is 0.388 e. The molecule has 2 rings (SSSR count). The van der Waals surface area contributed by atoms with Crippen LogP contribution in [0.1, 0.15) is 22.2 Å². The molecule has 0 radical (unpaired) electrons. The predicted molar refractivity (Wildman–Crippen MR) is 67.2 cm³/mol. The Bertz CT molecular complexity index is 557. The summed E-state index contributed by atoms with van der Waals surface area (Å²) in [7, 11) is 0. The van der Waals surface area contributed by atoms with Crippen LogP contribution in [0, 0.1) is 0 Å². The van der Waals surface area contributed by atoms with Crippen LogP contribution in [0.3, 0.4) is 0 Å². The number of thiophene rings is 1. The van der Waals surface area contributed by atoms with Gasteiger partial charge < -0.3 is 5.11 Å². The molecule has 0 aliphatic rings. The van der Waals surface area contributed by atoms with E-state index in [0.29, 0.717) is 6.42 Å². The average molecular weight is 308 g/mol. The Labute approximate surface area is 116 Å². The first-order valence-corrected chi connectivity index (χ1v) is 6.58. The molecule has 0 saturated heterocycles. The van der Waals surface area contributed by atoms with Gasteiger partial charge in [-0.25, -0.2) is 4.98 Å². The second-order valence-electron chi connectivity index (χ2n) is 3.87. The normalized spacial score (nSPS) is 13.5. The molecule has 1 N–H and O–H groups in total. The second-order valence-corrected chi connectivity index (χ2v) is 5.26. The first-order valence-electron chi connectivity index (χ1n) is 5.32. The zero-order chi connectivity index (χ0) is 14.0. The number of rotatable bonds is 3. The fourth-order valence-electron chi connectivity index (χ4n) is 1.58. The van der Waals surface area contributed by atoms with Crippen molar-refractivity contribution in [3.05, 3.63) is 50.9 Å². The highest BCUT2D eigenvalue weighted by Crippen LogP contribution is 2.32. The van der Waals surface area contributed by atoms with Crippen LogP contribution in [0.2, 0.25) is 5.15 Å². The van der Waals surface area contributed by atoms with Crippen LogP contribution < -0.4 is 0 Å². The van der Waals surface area contributed by atoms with Gasteiger partial charge in [0, 0.05) is 16.9 Å². The highest BCUT2D eigenvalue weighted by molar-refractivity contribution is 7.09. The van der Waals surface area contributed by atoms with Crippen molar-refractivity contribution in [2.24, 2.45) is 0 Å². The van der Waals surface area contributed by atoms with E-state index in [1.54, 1.807) is 0 Å². The minimum atomic E-state index is -4.54. The van der Waals surface area contributed by atoms with Crippen LogP contribution in [0.25, 0.3) is 0 Å². The van der Waals surface area contributed by atoms with E-state index < -0.39 is 18.0 Å². The van der Waals surface area contributed by atoms with Gasteiger partial charge in [0.1, 0.15) is 10.8 Å². The molecule has 102 valence electrons. The molecule has 0 aliphatic heterocycles. The third-order valence-electron chi connectivity index (χ3n) is 2.50. The van der Waals surface area contributed by atoms with Gasteiger partial charge in [-0.15, -0.1) is 11.3 Å². The second kappa shape index (κ2) is 5.48. The maximum absolute atomic E-state index is 12.4. The molecule has 0 bridgehead atoms. The Morgan fingerprint density at radius 3 is 2.58 bits per heavy atom. The molecule has 7 heteroatoms. The SMILES string of the molecule is OC(Cc1cccs1)c1ccc(C(F)(F)F)nc1Cl. The van der Waals surface area contributed by atoms with Gasteiger partial charge in [-0.05, 0) is 17.5 Å². The van der Waals surface area contributed by atoms with Crippen molar-refractivity contribution in [3.63, 3.8) is 0 Å². The summed E-state index contributed by atoms with van der Waals surface area (Å²) in [6, 6.07) is 5.65. The zero-order valence-corrected chi connectivity index (χ0v) is 11.1. The third-order valence-corrected chi connectivity index (χ3v) is 3.70. The minimum Gasteiger partial charge on any atom is -0.388 e. The number of hydrogen-bond donors (Lipinski definition) is 1. The van der Waals surface area contributed by atoms with Crippen LogP contribution in [0.15, 0.2) is 29.6 Å². The summed E-state index contributed by atoms with van der Waals surface area (Å²) in [6.45, 7) is 0. The first-order chi connectivity index (χ1) is 8.88. The molecule has 2 heterocycles. The van der Waals surface area contributed by atoms with Crippen LogP contribution in [0.4, 0.5) is 13.2 Å². The molecule has 0 saturated carbocycles. The molecule has 2 aromatic heterocycles. The lowest BCUT2D eigenvalue weighted by atomic mass is 10.1. The van der Waals surface area contributed by atoms with Gasteiger partial charge in [-0.1, -0.05) is 23.7 Å². The lowest BCUT2D eigenvalue weighted by molar-refractivity contribution is -0.141. The van der Waals surface area contributed by atoms with Crippen molar-refractivity contribution >= 4 is 22.9 Å². The summed E-state index contributed by atoms with van der Waals surface area (Å²) in [5.74, 6) is 0. The van der Waals surface area contributed by atoms with E-state index in [1.165, 1.54) is 11.3 Å². The number of aromatic nitrogens is 1. The van der Waals surface area contributed by atoms with Crippen molar-refractivity contribution in [2.75, 3.05) is 0 Å². The lowest BCUT2D eigenvalue weighted by Crippen LogP contribution is -2.10. The molecule has 0 aromatic carbocycles. The van der Waals surface area contributed by atoms with Gasteiger partial charge in [0.05, 0.1) is 6.10 Å². The lowest BCUT2D eigenvalue weighted by Gasteiger charge is -2.13. The molecule has 0 amide bonds. The molecule has 0 aliphatic carbocycles. The Morgan fingerprint density at radius 1 is 1.32 bits per heavy atom. The molecule has 2 aromatic rings. The number of aliphatic hydroxyl groups excluding tert-OH is 1. The molecule has 1 unspecified atom stereocenters. The van der Waals surface area contributed by atoms with Gasteiger partial charge in [0.2, 0.25) is 0 Å². The molecule has 1 atom stereocenters. The maximum atomic E-state index is 12.4. The van der Waals surface area contributed by atoms with Crippen LogP contribution in [-0.4, -0.2) is 10.1 Å². The summed E-state index contributed by atoms with van der Waals surface area (Å²) in [4.78, 5) is 4.20. The van der Waals surface area contributed by atoms with Gasteiger partial charge in [-0.3, -0.25) is 0 Å². The summed E-state index contributed by atoms with van der Waals surface area (Å²) >= 11 is 7.16. The number of hydrogen-bond acceptors (Lipinski definition) is 3. The summed E-state index contributed by atoms with van der Waals surface area (Å²) in [5.41, 5.74) is -0.868. The Hall–Kier alpha value is -1.11. The fourth-order valence-corrected chi connectivity index (χ4v) is 2.60. The Balaban J connectivity index is 2.21. The largest absolute Gasteiger partial charge is 0.433 e. The third kappa shape index (κ3) is 3.46. The molecule has 19 heavy (non-hydrogen) atoms. The molecule has 0 fully saturated rings. The van der Waals surface area contributed by atoms with Crippen molar-refractivity contribution < 1.29 is 18.3 Å². The van der Waals surface area contributed by atoms with Crippen LogP contribution >= 0.6 is 22.9 Å². The molecular weight excluding hydrogens is 299 g/mol. The number of aliphatic hydroxyl groups is 1. The number of alkyl halides is 3. The average Bonchev–Trinajstić information content (AvgIpc) is 2.80. The number of pyridine rings is 1. The van der Waals surface area contributed by atoms with Gasteiger partial charge in [0.15, 0.2) is 0 Å². The van der Waals surface area contributed by atoms with Crippen molar-refractivity contribution in [2.45, 2.75) is 18.7 Å². The van der Waals surface area contributed by atoms with Gasteiger partial charge >= 0.3 is 6.18 Å². The monoisotopic (exact) mass is 307 g/mol. The highest BCUT2D eigenvalue weighted by Gasteiger charge is 2.33. The highest BCUT2D eigenvalue weighted by atomic mass is 35.5. The number of halogens is 4. The zero-order valence-electron chi connectivity index (χ0n) is 9.49.